The molecule has 0 aliphatic carbocycles. The summed E-state index contributed by atoms with van der Waals surface area (Å²) >= 11 is 0.865. The molecule has 0 aliphatic rings. The first-order chi connectivity index (χ1) is 8.45. The third kappa shape index (κ3) is 4.06. The van der Waals surface area contributed by atoms with Crippen LogP contribution in [0.3, 0.4) is 0 Å². The van der Waals surface area contributed by atoms with E-state index < -0.39 is 18.0 Å². The Morgan fingerprint density at radius 1 is 1.44 bits per heavy atom. The van der Waals surface area contributed by atoms with Crippen molar-refractivity contribution in [1.82, 2.24) is 0 Å². The van der Waals surface area contributed by atoms with Gasteiger partial charge in [-0.1, -0.05) is 23.9 Å². The molecule has 100 valence electrons. The fraction of sp³-hybridized carbons (Fsp3) is 0.417. The number of carbonyl (C=O) groups excluding carboxylic acids is 1. The molecule has 2 atom stereocenters. The Hall–Kier alpha value is -0.950. The maximum atomic E-state index is 13.6. The van der Waals surface area contributed by atoms with Gasteiger partial charge in [0.15, 0.2) is 5.12 Å². The van der Waals surface area contributed by atoms with Crippen LogP contribution in [-0.4, -0.2) is 32.3 Å². The lowest BCUT2D eigenvalue weighted by Crippen LogP contribution is -2.22. The summed E-state index contributed by atoms with van der Waals surface area (Å²) in [5.41, 5.74) is 0.333. The van der Waals surface area contributed by atoms with Gasteiger partial charge in [0.25, 0.3) is 0 Å². The molecular formula is C12H15FO4S. The van der Waals surface area contributed by atoms with Gasteiger partial charge >= 0.3 is 0 Å². The monoisotopic (exact) mass is 274 g/mol. The molecule has 0 radical (unpaired) electrons. The summed E-state index contributed by atoms with van der Waals surface area (Å²) in [6.07, 6.45) is -2.63. The van der Waals surface area contributed by atoms with Crippen LogP contribution in [0.15, 0.2) is 18.2 Å². The van der Waals surface area contributed by atoms with E-state index in [1.54, 1.807) is 0 Å². The molecule has 0 fully saturated rings. The minimum atomic E-state index is -1.40. The molecule has 6 heteroatoms. The summed E-state index contributed by atoms with van der Waals surface area (Å²) in [6, 6.07) is 3.88. The summed E-state index contributed by atoms with van der Waals surface area (Å²) in [7, 11) is 0. The van der Waals surface area contributed by atoms with Gasteiger partial charge < -0.3 is 15.3 Å². The average molecular weight is 274 g/mol. The number of carbonyl (C=O) groups is 1. The van der Waals surface area contributed by atoms with Crippen LogP contribution in [0, 0.1) is 5.82 Å². The fourth-order valence-corrected chi connectivity index (χ4v) is 2.00. The van der Waals surface area contributed by atoms with E-state index in [1.165, 1.54) is 19.1 Å². The molecule has 0 bridgehead atoms. The summed E-state index contributed by atoms with van der Waals surface area (Å²) in [5.74, 6) is -0.696. The molecule has 4 nitrogen and oxygen atoms in total. The van der Waals surface area contributed by atoms with Gasteiger partial charge in [0.2, 0.25) is 0 Å². The highest BCUT2D eigenvalue weighted by Gasteiger charge is 2.22. The van der Waals surface area contributed by atoms with Gasteiger partial charge in [0.05, 0.1) is 12.7 Å². The van der Waals surface area contributed by atoms with Crippen LogP contribution in [-0.2, 0) is 11.4 Å². The second kappa shape index (κ2) is 6.84. The molecule has 0 saturated heterocycles. The third-order valence-corrected chi connectivity index (χ3v) is 3.30. The molecule has 0 heterocycles. The number of hydrogen-bond acceptors (Lipinski definition) is 5. The van der Waals surface area contributed by atoms with Crippen LogP contribution < -0.4 is 0 Å². The van der Waals surface area contributed by atoms with Gasteiger partial charge in [-0.2, -0.15) is 0 Å². The van der Waals surface area contributed by atoms with Crippen molar-refractivity contribution < 1.29 is 24.5 Å². The van der Waals surface area contributed by atoms with Gasteiger partial charge in [-0.3, -0.25) is 4.79 Å². The van der Waals surface area contributed by atoms with Gasteiger partial charge in [-0.15, -0.1) is 0 Å². The van der Waals surface area contributed by atoms with E-state index >= 15 is 0 Å². The highest BCUT2D eigenvalue weighted by Crippen LogP contribution is 2.23. The highest BCUT2D eigenvalue weighted by atomic mass is 32.2. The van der Waals surface area contributed by atoms with E-state index in [1.807, 2.05) is 0 Å². The van der Waals surface area contributed by atoms with Crippen LogP contribution in [0.1, 0.15) is 24.2 Å². The van der Waals surface area contributed by atoms with E-state index in [2.05, 4.69) is 0 Å². The Kier molecular flexibility index (Phi) is 5.74. The first kappa shape index (κ1) is 15.1. The number of aliphatic hydroxyl groups is 3. The number of halogens is 1. The van der Waals surface area contributed by atoms with E-state index in [-0.39, 0.29) is 23.0 Å². The zero-order chi connectivity index (χ0) is 13.7. The molecule has 3 N–H and O–H groups in total. The van der Waals surface area contributed by atoms with Crippen molar-refractivity contribution in [3.05, 3.63) is 35.1 Å². The Morgan fingerprint density at radius 3 is 2.61 bits per heavy atom. The second-order valence-corrected chi connectivity index (χ2v) is 5.03. The molecule has 1 aromatic carbocycles. The lowest BCUT2D eigenvalue weighted by atomic mass is 10.0. The van der Waals surface area contributed by atoms with Gasteiger partial charge in [0, 0.05) is 18.2 Å². The zero-order valence-corrected chi connectivity index (χ0v) is 10.7. The standard InChI is InChI=1S/C12H15FO4S/c1-7(15)18-6-11(16)12(17)9-3-2-8(5-14)4-10(9)13/h2-4,11-12,14,16-17H,5-6H2,1H3. The van der Waals surface area contributed by atoms with E-state index in [9.17, 15) is 19.4 Å². The summed E-state index contributed by atoms with van der Waals surface area (Å²) < 4.78 is 13.6. The first-order valence-electron chi connectivity index (χ1n) is 5.34. The maximum absolute atomic E-state index is 13.6. The minimum Gasteiger partial charge on any atom is -0.392 e. The average Bonchev–Trinajstić information content (AvgIpc) is 2.34. The maximum Gasteiger partial charge on any atom is 0.185 e. The van der Waals surface area contributed by atoms with E-state index in [0.29, 0.717) is 5.56 Å². The molecule has 1 aromatic rings. The van der Waals surface area contributed by atoms with Crippen molar-refractivity contribution in [3.8, 4) is 0 Å². The van der Waals surface area contributed by atoms with Crippen molar-refractivity contribution in [2.75, 3.05) is 5.75 Å². The molecule has 0 aliphatic heterocycles. The molecule has 0 aromatic heterocycles. The summed E-state index contributed by atoms with van der Waals surface area (Å²) in [4.78, 5) is 10.7. The van der Waals surface area contributed by atoms with Crippen molar-refractivity contribution in [1.29, 1.82) is 0 Å². The quantitative estimate of drug-likeness (QED) is 0.746. The van der Waals surface area contributed by atoms with Gasteiger partial charge in [-0.25, -0.2) is 4.39 Å². The molecule has 18 heavy (non-hydrogen) atoms. The smallest absolute Gasteiger partial charge is 0.185 e. The van der Waals surface area contributed by atoms with Crippen molar-refractivity contribution in [2.45, 2.75) is 25.7 Å². The summed E-state index contributed by atoms with van der Waals surface area (Å²) in [6.45, 7) is 1.05. The van der Waals surface area contributed by atoms with Crippen LogP contribution in [0.2, 0.25) is 0 Å². The van der Waals surface area contributed by atoms with E-state index in [4.69, 9.17) is 5.11 Å². The van der Waals surface area contributed by atoms with Crippen LogP contribution in [0.4, 0.5) is 4.39 Å². The Labute approximate surface area is 108 Å². The third-order valence-electron chi connectivity index (χ3n) is 2.39. The molecular weight excluding hydrogens is 259 g/mol. The normalized spacial score (nSPS) is 14.3. The van der Waals surface area contributed by atoms with E-state index in [0.717, 1.165) is 17.8 Å². The lowest BCUT2D eigenvalue weighted by molar-refractivity contribution is -0.109. The van der Waals surface area contributed by atoms with Crippen LogP contribution >= 0.6 is 11.8 Å². The molecule has 0 spiro atoms. The lowest BCUT2D eigenvalue weighted by Gasteiger charge is -2.18. The van der Waals surface area contributed by atoms with Crippen molar-refractivity contribution in [3.63, 3.8) is 0 Å². The van der Waals surface area contributed by atoms with Gasteiger partial charge in [0.1, 0.15) is 11.9 Å². The zero-order valence-electron chi connectivity index (χ0n) is 9.84. The largest absolute Gasteiger partial charge is 0.392 e. The molecule has 2 unspecified atom stereocenters. The Morgan fingerprint density at radius 2 is 2.11 bits per heavy atom. The second-order valence-electron chi connectivity index (χ2n) is 3.83. The summed E-state index contributed by atoms with van der Waals surface area (Å²) in [5, 5.41) is 28.0. The fourth-order valence-electron chi connectivity index (χ4n) is 1.41. The van der Waals surface area contributed by atoms with Crippen LogP contribution in [0.25, 0.3) is 0 Å². The topological polar surface area (TPSA) is 77.8 Å². The number of hydrogen-bond donors (Lipinski definition) is 3. The van der Waals surface area contributed by atoms with Crippen molar-refractivity contribution in [2.24, 2.45) is 0 Å². The van der Waals surface area contributed by atoms with Crippen LogP contribution in [0.5, 0.6) is 0 Å². The first-order valence-corrected chi connectivity index (χ1v) is 6.33. The Bertz CT molecular complexity index is 425. The van der Waals surface area contributed by atoms with Gasteiger partial charge in [-0.05, 0) is 11.6 Å². The number of thioether (sulfide) groups is 1. The van der Waals surface area contributed by atoms with Crippen molar-refractivity contribution >= 4 is 16.9 Å². The molecule has 0 saturated carbocycles. The number of rotatable bonds is 5. The molecule has 1 rings (SSSR count). The number of aliphatic hydroxyl groups excluding tert-OH is 3. The predicted octanol–water partition coefficient (Wildman–Crippen LogP) is 0.992. The molecule has 0 amide bonds. The Balaban J connectivity index is 2.76. The SMILES string of the molecule is CC(=O)SCC(O)C(O)c1ccc(CO)cc1F. The highest BCUT2D eigenvalue weighted by molar-refractivity contribution is 8.13. The number of benzene rings is 1. The predicted molar refractivity (Wildman–Crippen MR) is 66.4 cm³/mol. The minimum absolute atomic E-state index is 0.00229.